The second-order valence-electron chi connectivity index (χ2n) is 3.59. The van der Waals surface area contributed by atoms with Gasteiger partial charge in [0.1, 0.15) is 5.75 Å². The van der Waals surface area contributed by atoms with Crippen LogP contribution in [0.25, 0.3) is 0 Å². The van der Waals surface area contributed by atoms with Crippen LogP contribution in [0.4, 0.5) is 0 Å². The number of carbonyl (C=O) groups excluding carboxylic acids is 1. The molecule has 0 saturated heterocycles. The van der Waals surface area contributed by atoms with Gasteiger partial charge in [0.15, 0.2) is 5.78 Å². The SMILES string of the molecule is O=C(O)CCNS(=O)(=O)CC(=O)c1ccccc1. The zero-order chi connectivity index (χ0) is 13.6. The molecule has 0 saturated carbocycles. The van der Waals surface area contributed by atoms with Crippen LogP contribution in [0.1, 0.15) is 16.8 Å². The van der Waals surface area contributed by atoms with Gasteiger partial charge in [-0.25, -0.2) is 13.1 Å². The maximum Gasteiger partial charge on any atom is 0.304 e. The second-order valence-corrected chi connectivity index (χ2v) is 5.39. The topological polar surface area (TPSA) is 101 Å². The Morgan fingerprint density at radius 2 is 1.78 bits per heavy atom. The highest BCUT2D eigenvalue weighted by atomic mass is 32.2. The largest absolute Gasteiger partial charge is 0.481 e. The first kappa shape index (κ1) is 14.3. The second kappa shape index (κ2) is 6.27. The van der Waals surface area contributed by atoms with Gasteiger partial charge in [0.25, 0.3) is 0 Å². The van der Waals surface area contributed by atoms with Gasteiger partial charge < -0.3 is 5.11 Å². The minimum absolute atomic E-state index is 0.222. The summed E-state index contributed by atoms with van der Waals surface area (Å²) >= 11 is 0. The average Bonchev–Trinajstić information content (AvgIpc) is 2.28. The number of carboxylic acids is 1. The number of carbonyl (C=O) groups is 2. The maximum atomic E-state index is 11.6. The van der Waals surface area contributed by atoms with Gasteiger partial charge in [-0.2, -0.15) is 0 Å². The van der Waals surface area contributed by atoms with Crippen LogP contribution in [0, 0.1) is 0 Å². The molecule has 1 aromatic rings. The Bertz CT molecular complexity index is 524. The number of carboxylic acid groups (broad SMARTS) is 1. The van der Waals surface area contributed by atoms with Gasteiger partial charge in [0, 0.05) is 12.1 Å². The van der Waals surface area contributed by atoms with Crippen molar-refractivity contribution in [1.29, 1.82) is 0 Å². The molecule has 0 unspecified atom stereocenters. The minimum Gasteiger partial charge on any atom is -0.481 e. The molecule has 0 fully saturated rings. The van der Waals surface area contributed by atoms with Crippen LogP contribution in [-0.4, -0.2) is 37.6 Å². The third kappa shape index (κ3) is 5.07. The minimum atomic E-state index is -3.79. The van der Waals surface area contributed by atoms with Crippen molar-refractivity contribution in [3.8, 4) is 0 Å². The Hall–Kier alpha value is -1.73. The van der Waals surface area contributed by atoms with E-state index in [2.05, 4.69) is 4.72 Å². The number of hydrogen-bond donors (Lipinski definition) is 2. The molecule has 7 heteroatoms. The predicted molar refractivity (Wildman–Crippen MR) is 64.8 cm³/mol. The average molecular weight is 271 g/mol. The fourth-order valence-electron chi connectivity index (χ4n) is 1.24. The highest BCUT2D eigenvalue weighted by molar-refractivity contribution is 7.90. The summed E-state index contributed by atoms with van der Waals surface area (Å²) in [5.41, 5.74) is 0.307. The summed E-state index contributed by atoms with van der Waals surface area (Å²) in [5.74, 6) is -2.32. The Kier molecular flexibility index (Phi) is 4.99. The standard InChI is InChI=1S/C11H13NO5S/c13-10(9-4-2-1-3-5-9)8-18(16,17)12-7-6-11(14)15/h1-5,12H,6-8H2,(H,14,15). The zero-order valence-electron chi connectivity index (χ0n) is 9.50. The molecule has 98 valence electrons. The van der Waals surface area contributed by atoms with E-state index in [9.17, 15) is 18.0 Å². The molecule has 6 nitrogen and oxygen atoms in total. The van der Waals surface area contributed by atoms with Gasteiger partial charge in [0.2, 0.25) is 10.0 Å². The van der Waals surface area contributed by atoms with Gasteiger partial charge in [0.05, 0.1) is 6.42 Å². The highest BCUT2D eigenvalue weighted by Crippen LogP contribution is 2.01. The molecule has 0 amide bonds. The van der Waals surface area contributed by atoms with Gasteiger partial charge in [-0.1, -0.05) is 30.3 Å². The Labute approximate surface area is 105 Å². The summed E-state index contributed by atoms with van der Waals surface area (Å²) in [7, 11) is -3.79. The molecule has 0 aliphatic heterocycles. The lowest BCUT2D eigenvalue weighted by Crippen LogP contribution is -2.31. The first-order valence-electron chi connectivity index (χ1n) is 5.18. The third-order valence-corrected chi connectivity index (χ3v) is 3.36. The molecule has 0 aromatic heterocycles. The van der Waals surface area contributed by atoms with Gasteiger partial charge in [-0.15, -0.1) is 0 Å². The van der Waals surface area contributed by atoms with E-state index in [1.807, 2.05) is 0 Å². The first-order valence-corrected chi connectivity index (χ1v) is 6.83. The molecule has 0 spiro atoms. The Balaban J connectivity index is 2.56. The van der Waals surface area contributed by atoms with E-state index in [0.29, 0.717) is 5.56 Å². The fourth-order valence-corrected chi connectivity index (χ4v) is 2.27. The lowest BCUT2D eigenvalue weighted by molar-refractivity contribution is -0.136. The molecule has 2 N–H and O–H groups in total. The maximum absolute atomic E-state index is 11.6. The van der Waals surface area contributed by atoms with Crippen molar-refractivity contribution in [2.75, 3.05) is 12.3 Å². The van der Waals surface area contributed by atoms with E-state index in [4.69, 9.17) is 5.11 Å². The predicted octanol–water partition coefficient (Wildman–Crippen LogP) is 0.263. The Morgan fingerprint density at radius 1 is 1.17 bits per heavy atom. The lowest BCUT2D eigenvalue weighted by Gasteiger charge is -2.04. The van der Waals surface area contributed by atoms with Crippen LogP contribution in [0.15, 0.2) is 30.3 Å². The third-order valence-electron chi connectivity index (χ3n) is 2.08. The van der Waals surface area contributed by atoms with E-state index < -0.39 is 27.5 Å². The van der Waals surface area contributed by atoms with Crippen LogP contribution >= 0.6 is 0 Å². The van der Waals surface area contributed by atoms with Crippen molar-refractivity contribution in [1.82, 2.24) is 4.72 Å². The smallest absolute Gasteiger partial charge is 0.304 e. The number of Topliss-reactive ketones (excluding diaryl/α,β-unsaturated/α-hetero) is 1. The number of ketones is 1. The van der Waals surface area contributed by atoms with Crippen molar-refractivity contribution in [2.45, 2.75) is 6.42 Å². The number of sulfonamides is 1. The van der Waals surface area contributed by atoms with Gasteiger partial charge >= 0.3 is 5.97 Å². The summed E-state index contributed by atoms with van der Waals surface area (Å²) in [6.07, 6.45) is -0.321. The number of aliphatic carboxylic acids is 1. The summed E-state index contributed by atoms with van der Waals surface area (Å²) in [6, 6.07) is 8.04. The van der Waals surface area contributed by atoms with E-state index in [0.717, 1.165) is 0 Å². The molecular weight excluding hydrogens is 258 g/mol. The number of nitrogens with one attached hydrogen (secondary N) is 1. The van der Waals surface area contributed by atoms with Crippen molar-refractivity contribution in [3.63, 3.8) is 0 Å². The summed E-state index contributed by atoms with van der Waals surface area (Å²) in [4.78, 5) is 21.8. The first-order chi connectivity index (χ1) is 8.41. The van der Waals surface area contributed by atoms with Gasteiger partial charge in [-0.3, -0.25) is 9.59 Å². The molecule has 0 radical (unpaired) electrons. The molecule has 0 aliphatic carbocycles. The van der Waals surface area contributed by atoms with Crippen LogP contribution < -0.4 is 4.72 Å². The van der Waals surface area contributed by atoms with Crippen LogP contribution in [-0.2, 0) is 14.8 Å². The van der Waals surface area contributed by atoms with E-state index in [1.165, 1.54) is 12.1 Å². The van der Waals surface area contributed by atoms with Crippen molar-refractivity contribution in [2.24, 2.45) is 0 Å². The van der Waals surface area contributed by atoms with Crippen molar-refractivity contribution in [3.05, 3.63) is 35.9 Å². The molecule has 0 heterocycles. The number of rotatable bonds is 7. The normalized spacial score (nSPS) is 11.1. The quantitative estimate of drug-likeness (QED) is 0.693. The van der Waals surface area contributed by atoms with E-state index in [-0.39, 0.29) is 13.0 Å². The molecule has 1 aromatic carbocycles. The van der Waals surface area contributed by atoms with Crippen molar-refractivity contribution >= 4 is 21.8 Å². The van der Waals surface area contributed by atoms with Crippen LogP contribution in [0.2, 0.25) is 0 Å². The molecular formula is C11H13NO5S. The van der Waals surface area contributed by atoms with Crippen LogP contribution in [0.5, 0.6) is 0 Å². The van der Waals surface area contributed by atoms with Gasteiger partial charge in [-0.05, 0) is 0 Å². The molecule has 0 aliphatic rings. The summed E-state index contributed by atoms with van der Waals surface area (Å²) < 4.78 is 25.0. The lowest BCUT2D eigenvalue weighted by atomic mass is 10.2. The summed E-state index contributed by atoms with van der Waals surface area (Å²) in [5, 5.41) is 8.37. The number of benzene rings is 1. The fraction of sp³-hybridized carbons (Fsp3) is 0.273. The number of hydrogen-bond acceptors (Lipinski definition) is 4. The zero-order valence-corrected chi connectivity index (χ0v) is 10.3. The molecule has 1 rings (SSSR count). The molecule has 0 bridgehead atoms. The Morgan fingerprint density at radius 3 is 2.33 bits per heavy atom. The molecule has 18 heavy (non-hydrogen) atoms. The summed E-state index contributed by atoms with van der Waals surface area (Å²) in [6.45, 7) is -0.222. The van der Waals surface area contributed by atoms with E-state index in [1.54, 1.807) is 18.2 Å². The van der Waals surface area contributed by atoms with Crippen molar-refractivity contribution < 1.29 is 23.1 Å². The molecule has 0 atom stereocenters. The van der Waals surface area contributed by atoms with E-state index >= 15 is 0 Å². The van der Waals surface area contributed by atoms with Crippen LogP contribution in [0.3, 0.4) is 0 Å². The highest BCUT2D eigenvalue weighted by Gasteiger charge is 2.17. The monoisotopic (exact) mass is 271 g/mol.